The van der Waals surface area contributed by atoms with Gasteiger partial charge in [-0.1, -0.05) is 12.1 Å². The van der Waals surface area contributed by atoms with Crippen LogP contribution in [0.5, 0.6) is 0 Å². The molecule has 1 saturated heterocycles. The molecule has 0 aromatic heterocycles. The molecule has 1 aliphatic carbocycles. The zero-order chi connectivity index (χ0) is 14.3. The molecule has 2 heteroatoms. The quantitative estimate of drug-likeness (QED) is 0.902. The Morgan fingerprint density at radius 2 is 1.75 bits per heavy atom. The van der Waals surface area contributed by atoms with Crippen LogP contribution >= 0.6 is 0 Å². The number of hydrogen-bond donors (Lipinski definition) is 1. The van der Waals surface area contributed by atoms with Crippen molar-refractivity contribution in [1.29, 1.82) is 0 Å². The molecule has 1 aliphatic heterocycles. The first-order valence-electron chi connectivity index (χ1n) is 8.12. The van der Waals surface area contributed by atoms with Crippen molar-refractivity contribution in [2.75, 3.05) is 13.1 Å². The van der Waals surface area contributed by atoms with Crippen molar-refractivity contribution in [3.05, 3.63) is 34.4 Å². The molecule has 1 aromatic rings. The molecule has 1 aromatic carbocycles. The number of hydrogen-bond acceptors (Lipinski definition) is 2. The number of nitrogens with one attached hydrogen (secondary N) is 1. The van der Waals surface area contributed by atoms with Gasteiger partial charge in [-0.25, -0.2) is 0 Å². The molecule has 2 aliphatic rings. The average molecular weight is 272 g/mol. The van der Waals surface area contributed by atoms with Crippen LogP contribution in [0, 0.1) is 20.8 Å². The third-order valence-electron chi connectivity index (χ3n) is 5.12. The minimum atomic E-state index is 0.457. The van der Waals surface area contributed by atoms with Crippen molar-refractivity contribution < 1.29 is 0 Å². The maximum Gasteiger partial charge on any atom is 0.0297 e. The lowest BCUT2D eigenvalue weighted by atomic mass is 9.96. The van der Waals surface area contributed by atoms with Crippen molar-refractivity contribution in [2.24, 2.45) is 0 Å². The van der Waals surface area contributed by atoms with Crippen molar-refractivity contribution in [3.63, 3.8) is 0 Å². The second-order valence-corrected chi connectivity index (χ2v) is 6.89. The lowest BCUT2D eigenvalue weighted by Gasteiger charge is -2.23. The van der Waals surface area contributed by atoms with Crippen LogP contribution in [0.1, 0.15) is 54.5 Å². The summed E-state index contributed by atoms with van der Waals surface area (Å²) in [5.41, 5.74) is 5.70. The van der Waals surface area contributed by atoms with Crippen molar-refractivity contribution in [2.45, 2.75) is 65.1 Å². The molecule has 110 valence electrons. The summed E-state index contributed by atoms with van der Waals surface area (Å²) in [5, 5.41) is 3.85. The van der Waals surface area contributed by atoms with E-state index in [1.165, 1.54) is 54.6 Å². The molecule has 3 rings (SSSR count). The second-order valence-electron chi connectivity index (χ2n) is 6.89. The molecular formula is C18H28N2. The Labute approximate surface area is 123 Å². The summed E-state index contributed by atoms with van der Waals surface area (Å²) in [6, 6.07) is 6.75. The fourth-order valence-electron chi connectivity index (χ4n) is 3.59. The van der Waals surface area contributed by atoms with Crippen LogP contribution in [0.15, 0.2) is 12.1 Å². The first-order valence-corrected chi connectivity index (χ1v) is 8.12. The van der Waals surface area contributed by atoms with Gasteiger partial charge in [0.2, 0.25) is 0 Å². The highest BCUT2D eigenvalue weighted by molar-refractivity contribution is 5.38. The van der Waals surface area contributed by atoms with Gasteiger partial charge in [0.15, 0.2) is 0 Å². The highest BCUT2D eigenvalue weighted by Gasteiger charge is 2.34. The van der Waals surface area contributed by atoms with Gasteiger partial charge in [0.1, 0.15) is 0 Å². The first-order chi connectivity index (χ1) is 9.54. The SMILES string of the molecule is Cc1cc(C)c(C(C)NC2CCN(C3CC3)C2)cc1C. The maximum atomic E-state index is 3.85. The molecule has 0 spiro atoms. The Hall–Kier alpha value is -0.860. The van der Waals surface area contributed by atoms with Crippen LogP contribution < -0.4 is 5.32 Å². The van der Waals surface area contributed by atoms with Gasteiger partial charge in [-0.2, -0.15) is 0 Å². The fourth-order valence-corrected chi connectivity index (χ4v) is 3.59. The Kier molecular flexibility index (Phi) is 3.87. The molecule has 0 bridgehead atoms. The van der Waals surface area contributed by atoms with Gasteiger partial charge in [-0.15, -0.1) is 0 Å². The first kappa shape index (κ1) is 14.1. The van der Waals surface area contributed by atoms with Crippen LogP contribution in [0.25, 0.3) is 0 Å². The molecule has 20 heavy (non-hydrogen) atoms. The molecule has 2 nitrogen and oxygen atoms in total. The van der Waals surface area contributed by atoms with E-state index in [2.05, 4.69) is 50.0 Å². The van der Waals surface area contributed by atoms with Crippen molar-refractivity contribution in [1.82, 2.24) is 10.2 Å². The number of aryl methyl sites for hydroxylation is 3. The predicted molar refractivity (Wildman–Crippen MR) is 85.2 cm³/mol. The summed E-state index contributed by atoms with van der Waals surface area (Å²) in [6.45, 7) is 11.5. The molecule has 1 N–H and O–H groups in total. The number of nitrogens with zero attached hydrogens (tertiary/aromatic N) is 1. The number of benzene rings is 1. The third kappa shape index (κ3) is 2.91. The highest BCUT2D eigenvalue weighted by atomic mass is 15.2. The molecule has 2 atom stereocenters. The third-order valence-corrected chi connectivity index (χ3v) is 5.12. The minimum Gasteiger partial charge on any atom is -0.306 e. The molecule has 2 unspecified atom stereocenters. The Morgan fingerprint density at radius 1 is 1.05 bits per heavy atom. The van der Waals surface area contributed by atoms with Gasteiger partial charge in [0, 0.05) is 31.2 Å². The van der Waals surface area contributed by atoms with Gasteiger partial charge in [-0.05, 0) is 69.2 Å². The lowest BCUT2D eigenvalue weighted by molar-refractivity contribution is 0.313. The summed E-state index contributed by atoms with van der Waals surface area (Å²) in [6.07, 6.45) is 4.17. The van der Waals surface area contributed by atoms with E-state index in [0.717, 1.165) is 6.04 Å². The van der Waals surface area contributed by atoms with Crippen LogP contribution in [0.2, 0.25) is 0 Å². The van der Waals surface area contributed by atoms with E-state index in [1.54, 1.807) is 0 Å². The van der Waals surface area contributed by atoms with Crippen LogP contribution in [0.3, 0.4) is 0 Å². The zero-order valence-electron chi connectivity index (χ0n) is 13.4. The van der Waals surface area contributed by atoms with Crippen molar-refractivity contribution in [3.8, 4) is 0 Å². The lowest BCUT2D eigenvalue weighted by Crippen LogP contribution is -2.35. The van der Waals surface area contributed by atoms with E-state index in [-0.39, 0.29) is 0 Å². The van der Waals surface area contributed by atoms with Gasteiger partial charge in [0.05, 0.1) is 0 Å². The second kappa shape index (κ2) is 5.50. The Balaban J connectivity index is 1.64. The van der Waals surface area contributed by atoms with E-state index in [9.17, 15) is 0 Å². The van der Waals surface area contributed by atoms with Gasteiger partial charge in [0.25, 0.3) is 0 Å². The van der Waals surface area contributed by atoms with Crippen LogP contribution in [-0.2, 0) is 0 Å². The summed E-state index contributed by atoms with van der Waals surface area (Å²) in [4.78, 5) is 2.68. The van der Waals surface area contributed by atoms with E-state index in [4.69, 9.17) is 0 Å². The minimum absolute atomic E-state index is 0.457. The molecule has 2 fully saturated rings. The molecule has 0 radical (unpaired) electrons. The predicted octanol–water partition coefficient (Wildman–Crippen LogP) is 3.50. The monoisotopic (exact) mass is 272 g/mol. The summed E-state index contributed by atoms with van der Waals surface area (Å²) in [5.74, 6) is 0. The molecule has 1 saturated carbocycles. The van der Waals surface area contributed by atoms with Gasteiger partial charge >= 0.3 is 0 Å². The largest absolute Gasteiger partial charge is 0.306 e. The van der Waals surface area contributed by atoms with E-state index < -0.39 is 0 Å². The summed E-state index contributed by atoms with van der Waals surface area (Å²) in [7, 11) is 0. The van der Waals surface area contributed by atoms with E-state index in [1.807, 2.05) is 0 Å². The Morgan fingerprint density at radius 3 is 2.45 bits per heavy atom. The summed E-state index contributed by atoms with van der Waals surface area (Å²) < 4.78 is 0. The average Bonchev–Trinajstić information content (AvgIpc) is 3.15. The number of likely N-dealkylation sites (tertiary alicyclic amines) is 1. The highest BCUT2D eigenvalue weighted by Crippen LogP contribution is 2.30. The van der Waals surface area contributed by atoms with Crippen LogP contribution in [-0.4, -0.2) is 30.1 Å². The maximum absolute atomic E-state index is 3.85. The topological polar surface area (TPSA) is 15.3 Å². The smallest absolute Gasteiger partial charge is 0.0297 e. The van der Waals surface area contributed by atoms with Gasteiger partial charge in [-0.3, -0.25) is 4.90 Å². The normalized spacial score (nSPS) is 25.1. The fraction of sp³-hybridized carbons (Fsp3) is 0.667. The number of rotatable bonds is 4. The molecular weight excluding hydrogens is 244 g/mol. The zero-order valence-corrected chi connectivity index (χ0v) is 13.4. The van der Waals surface area contributed by atoms with Crippen LogP contribution in [0.4, 0.5) is 0 Å². The van der Waals surface area contributed by atoms with E-state index >= 15 is 0 Å². The van der Waals surface area contributed by atoms with Crippen molar-refractivity contribution >= 4 is 0 Å². The molecule has 0 amide bonds. The van der Waals surface area contributed by atoms with Gasteiger partial charge < -0.3 is 5.32 Å². The summed E-state index contributed by atoms with van der Waals surface area (Å²) >= 11 is 0. The molecule has 1 heterocycles. The standard InChI is InChI=1S/C18H28N2/c1-12-9-14(3)18(10-13(12)2)15(4)19-16-7-8-20(11-16)17-5-6-17/h9-10,15-17,19H,5-8,11H2,1-4H3. The Bertz CT molecular complexity index is 490. The van der Waals surface area contributed by atoms with E-state index in [0.29, 0.717) is 12.1 Å².